The first-order chi connectivity index (χ1) is 6.97. The van der Waals surface area contributed by atoms with Gasteiger partial charge in [-0.15, -0.1) is 0 Å². The van der Waals surface area contributed by atoms with Gasteiger partial charge in [0.2, 0.25) is 5.82 Å². The molecule has 6 heteroatoms. The SMILES string of the molecule is CCC(C)Cn1c(=O)[nH]c(Cl)c(F)c1=O. The van der Waals surface area contributed by atoms with Crippen molar-refractivity contribution in [2.24, 2.45) is 5.92 Å². The quantitative estimate of drug-likeness (QED) is 0.804. The molecule has 1 aromatic heterocycles. The number of rotatable bonds is 3. The minimum Gasteiger partial charge on any atom is -0.295 e. The van der Waals surface area contributed by atoms with E-state index in [4.69, 9.17) is 11.6 Å². The van der Waals surface area contributed by atoms with Crippen molar-refractivity contribution in [3.8, 4) is 0 Å². The fourth-order valence-electron chi connectivity index (χ4n) is 1.13. The minimum absolute atomic E-state index is 0.129. The Labute approximate surface area is 90.7 Å². The van der Waals surface area contributed by atoms with Gasteiger partial charge in [0.1, 0.15) is 0 Å². The van der Waals surface area contributed by atoms with Gasteiger partial charge in [0.25, 0.3) is 5.56 Å². The molecular weight excluding hydrogens is 223 g/mol. The van der Waals surface area contributed by atoms with Gasteiger partial charge in [-0.2, -0.15) is 4.39 Å². The van der Waals surface area contributed by atoms with E-state index in [-0.39, 0.29) is 12.5 Å². The summed E-state index contributed by atoms with van der Waals surface area (Å²) in [5.41, 5.74) is -1.64. The number of nitrogens with zero attached hydrogens (tertiary/aromatic N) is 1. The van der Waals surface area contributed by atoms with E-state index in [1.54, 1.807) is 0 Å². The van der Waals surface area contributed by atoms with E-state index in [0.29, 0.717) is 0 Å². The number of H-pyrrole nitrogens is 1. The molecule has 15 heavy (non-hydrogen) atoms. The molecule has 0 saturated heterocycles. The van der Waals surface area contributed by atoms with Crippen LogP contribution in [0.4, 0.5) is 4.39 Å². The van der Waals surface area contributed by atoms with E-state index >= 15 is 0 Å². The Morgan fingerprint density at radius 3 is 2.67 bits per heavy atom. The van der Waals surface area contributed by atoms with Gasteiger partial charge >= 0.3 is 5.69 Å². The Kier molecular flexibility index (Phi) is 3.68. The third-order valence-electron chi connectivity index (χ3n) is 2.28. The van der Waals surface area contributed by atoms with Crippen LogP contribution in [-0.4, -0.2) is 9.55 Å². The average molecular weight is 235 g/mol. The topological polar surface area (TPSA) is 54.9 Å². The molecule has 0 amide bonds. The predicted molar refractivity (Wildman–Crippen MR) is 55.7 cm³/mol. The zero-order chi connectivity index (χ0) is 11.6. The molecule has 0 aliphatic rings. The van der Waals surface area contributed by atoms with Crippen LogP contribution in [0.5, 0.6) is 0 Å². The molecule has 84 valence electrons. The summed E-state index contributed by atoms with van der Waals surface area (Å²) in [7, 11) is 0. The van der Waals surface area contributed by atoms with Crippen molar-refractivity contribution < 1.29 is 4.39 Å². The normalized spacial score (nSPS) is 12.8. The van der Waals surface area contributed by atoms with E-state index in [1.165, 1.54) is 0 Å². The van der Waals surface area contributed by atoms with E-state index < -0.39 is 22.2 Å². The highest BCUT2D eigenvalue weighted by Crippen LogP contribution is 2.05. The van der Waals surface area contributed by atoms with Crippen LogP contribution in [0.15, 0.2) is 9.59 Å². The van der Waals surface area contributed by atoms with Gasteiger partial charge in [-0.25, -0.2) is 4.79 Å². The zero-order valence-electron chi connectivity index (χ0n) is 8.51. The Bertz CT molecular complexity index is 466. The lowest BCUT2D eigenvalue weighted by molar-refractivity contribution is 0.432. The van der Waals surface area contributed by atoms with Gasteiger partial charge in [0.15, 0.2) is 5.15 Å². The summed E-state index contributed by atoms with van der Waals surface area (Å²) in [5, 5.41) is -0.537. The van der Waals surface area contributed by atoms with Crippen LogP contribution in [0.25, 0.3) is 0 Å². The second kappa shape index (κ2) is 4.61. The van der Waals surface area contributed by atoms with E-state index in [9.17, 15) is 14.0 Å². The van der Waals surface area contributed by atoms with Crippen molar-refractivity contribution in [3.63, 3.8) is 0 Å². The van der Waals surface area contributed by atoms with Crippen molar-refractivity contribution in [1.29, 1.82) is 0 Å². The average Bonchev–Trinajstić information content (AvgIpc) is 2.21. The second-order valence-corrected chi connectivity index (χ2v) is 3.87. The lowest BCUT2D eigenvalue weighted by atomic mass is 10.1. The Balaban J connectivity index is 3.25. The van der Waals surface area contributed by atoms with Crippen molar-refractivity contribution in [2.75, 3.05) is 0 Å². The molecule has 1 aromatic rings. The molecule has 0 bridgehead atoms. The fourth-order valence-corrected chi connectivity index (χ4v) is 1.29. The first-order valence-electron chi connectivity index (χ1n) is 4.65. The largest absolute Gasteiger partial charge is 0.329 e. The lowest BCUT2D eigenvalue weighted by Gasteiger charge is -2.09. The maximum Gasteiger partial charge on any atom is 0.329 e. The van der Waals surface area contributed by atoms with E-state index in [2.05, 4.69) is 4.98 Å². The highest BCUT2D eigenvalue weighted by atomic mass is 35.5. The van der Waals surface area contributed by atoms with Crippen LogP contribution in [-0.2, 0) is 6.54 Å². The third kappa shape index (κ3) is 2.47. The first kappa shape index (κ1) is 12.0. The number of aromatic amines is 1. The molecule has 1 N–H and O–H groups in total. The fraction of sp³-hybridized carbons (Fsp3) is 0.556. The molecule has 1 heterocycles. The first-order valence-corrected chi connectivity index (χ1v) is 5.03. The molecule has 0 spiro atoms. The minimum atomic E-state index is -1.11. The zero-order valence-corrected chi connectivity index (χ0v) is 9.27. The molecule has 0 radical (unpaired) electrons. The van der Waals surface area contributed by atoms with Crippen LogP contribution in [0.3, 0.4) is 0 Å². The molecule has 0 aliphatic heterocycles. The molecule has 1 unspecified atom stereocenters. The summed E-state index contributed by atoms with van der Waals surface area (Å²) in [5.74, 6) is -0.982. The molecular formula is C9H12ClFN2O2. The van der Waals surface area contributed by atoms with Crippen molar-refractivity contribution in [1.82, 2.24) is 9.55 Å². The smallest absolute Gasteiger partial charge is 0.295 e. The Morgan fingerprint density at radius 2 is 2.13 bits per heavy atom. The van der Waals surface area contributed by atoms with Gasteiger partial charge in [-0.3, -0.25) is 14.3 Å². The highest BCUT2D eigenvalue weighted by Gasteiger charge is 2.13. The summed E-state index contributed by atoms with van der Waals surface area (Å²) in [4.78, 5) is 24.7. The van der Waals surface area contributed by atoms with Crippen LogP contribution >= 0.6 is 11.6 Å². The summed E-state index contributed by atoms with van der Waals surface area (Å²) >= 11 is 5.32. The molecule has 0 aromatic carbocycles. The second-order valence-electron chi connectivity index (χ2n) is 3.49. The molecule has 4 nitrogen and oxygen atoms in total. The van der Waals surface area contributed by atoms with Crippen LogP contribution in [0.2, 0.25) is 5.15 Å². The molecule has 0 saturated carbocycles. The summed E-state index contributed by atoms with van der Waals surface area (Å²) < 4.78 is 13.9. The highest BCUT2D eigenvalue weighted by molar-refractivity contribution is 6.29. The van der Waals surface area contributed by atoms with Gasteiger partial charge in [-0.1, -0.05) is 31.9 Å². The number of aromatic nitrogens is 2. The van der Waals surface area contributed by atoms with Gasteiger partial charge in [0, 0.05) is 6.54 Å². The van der Waals surface area contributed by atoms with Gasteiger partial charge in [-0.05, 0) is 5.92 Å². The summed E-state index contributed by atoms with van der Waals surface area (Å²) in [6.07, 6.45) is 0.802. The number of hydrogen-bond acceptors (Lipinski definition) is 2. The van der Waals surface area contributed by atoms with Gasteiger partial charge < -0.3 is 0 Å². The monoisotopic (exact) mass is 234 g/mol. The number of nitrogens with one attached hydrogen (secondary N) is 1. The van der Waals surface area contributed by atoms with E-state index in [0.717, 1.165) is 11.0 Å². The Morgan fingerprint density at radius 1 is 1.53 bits per heavy atom. The maximum atomic E-state index is 13.1. The summed E-state index contributed by atoms with van der Waals surface area (Å²) in [6.45, 7) is 3.99. The van der Waals surface area contributed by atoms with Crippen LogP contribution in [0.1, 0.15) is 20.3 Å². The molecule has 0 fully saturated rings. The molecule has 1 atom stereocenters. The van der Waals surface area contributed by atoms with Crippen LogP contribution in [0, 0.1) is 11.7 Å². The maximum absolute atomic E-state index is 13.1. The van der Waals surface area contributed by atoms with Crippen molar-refractivity contribution in [3.05, 3.63) is 31.8 Å². The standard InChI is InChI=1S/C9H12ClFN2O2/c1-3-5(2)4-13-8(14)6(11)7(10)12-9(13)15/h5H,3-4H2,1-2H3,(H,12,15). The van der Waals surface area contributed by atoms with Gasteiger partial charge in [0.05, 0.1) is 0 Å². The number of hydrogen-bond donors (Lipinski definition) is 1. The Hall–Kier alpha value is -1.10. The third-order valence-corrected chi connectivity index (χ3v) is 2.54. The van der Waals surface area contributed by atoms with E-state index in [1.807, 2.05) is 13.8 Å². The van der Waals surface area contributed by atoms with Crippen LogP contribution < -0.4 is 11.2 Å². The predicted octanol–water partition coefficient (Wildman–Crippen LogP) is 1.38. The molecule has 0 aliphatic carbocycles. The molecule has 1 rings (SSSR count). The lowest BCUT2D eigenvalue weighted by Crippen LogP contribution is -2.38. The summed E-state index contributed by atoms with van der Waals surface area (Å²) in [6, 6.07) is 0. The van der Waals surface area contributed by atoms with Crippen molar-refractivity contribution >= 4 is 11.6 Å². The number of halogens is 2. The van der Waals surface area contributed by atoms with Crippen molar-refractivity contribution in [2.45, 2.75) is 26.8 Å².